The van der Waals surface area contributed by atoms with Crippen molar-refractivity contribution in [3.05, 3.63) is 58.7 Å². The maximum Gasteiger partial charge on any atom is 0.265 e. The lowest BCUT2D eigenvalue weighted by Gasteiger charge is -2.29. The van der Waals surface area contributed by atoms with Crippen molar-refractivity contribution < 1.29 is 14.3 Å². The van der Waals surface area contributed by atoms with Crippen LogP contribution in [-0.4, -0.2) is 29.4 Å². The van der Waals surface area contributed by atoms with Crippen LogP contribution in [0.15, 0.2) is 42.5 Å². The molecule has 2 aromatic carbocycles. The number of carbonyl (C=O) groups excluding carboxylic acids is 2. The number of amides is 1. The fourth-order valence-electron chi connectivity index (χ4n) is 3.44. The molecule has 0 N–H and O–H groups in total. The summed E-state index contributed by atoms with van der Waals surface area (Å²) < 4.78 is 7.44. The Morgan fingerprint density at radius 2 is 2.00 bits per heavy atom. The summed E-state index contributed by atoms with van der Waals surface area (Å²) >= 11 is 6.07. The smallest absolute Gasteiger partial charge is 0.265 e. The third-order valence-corrected chi connectivity index (χ3v) is 5.08. The van der Waals surface area contributed by atoms with Crippen LogP contribution in [0.2, 0.25) is 5.02 Å². The van der Waals surface area contributed by atoms with Crippen LogP contribution in [-0.2, 0) is 11.8 Å². The largest absolute Gasteiger partial charge is 0.482 e. The molecule has 6 heteroatoms. The number of aromatic nitrogens is 1. The van der Waals surface area contributed by atoms with Crippen molar-refractivity contribution in [3.63, 3.8) is 0 Å². The van der Waals surface area contributed by atoms with Crippen molar-refractivity contribution in [2.45, 2.75) is 6.92 Å². The molecule has 1 aliphatic rings. The third-order valence-electron chi connectivity index (χ3n) is 4.84. The zero-order valence-electron chi connectivity index (χ0n) is 14.5. The molecule has 0 saturated carbocycles. The molecule has 1 aromatic heterocycles. The molecule has 0 saturated heterocycles. The van der Waals surface area contributed by atoms with Gasteiger partial charge in [-0.15, -0.1) is 0 Å². The topological polar surface area (TPSA) is 51.5 Å². The van der Waals surface area contributed by atoms with E-state index in [0.717, 1.165) is 16.6 Å². The maximum atomic E-state index is 13.1. The molecule has 26 heavy (non-hydrogen) atoms. The number of hydrogen-bond donors (Lipinski definition) is 0. The van der Waals surface area contributed by atoms with Crippen LogP contribution in [0.1, 0.15) is 16.1 Å². The summed E-state index contributed by atoms with van der Waals surface area (Å²) in [7, 11) is 1.93. The van der Waals surface area contributed by atoms with Gasteiger partial charge in [0.05, 0.1) is 12.2 Å². The van der Waals surface area contributed by atoms with E-state index < -0.39 is 0 Å². The molecule has 2 heterocycles. The van der Waals surface area contributed by atoms with Crippen LogP contribution in [0.4, 0.5) is 5.69 Å². The summed E-state index contributed by atoms with van der Waals surface area (Å²) in [4.78, 5) is 27.0. The second-order valence-corrected chi connectivity index (χ2v) is 6.78. The van der Waals surface area contributed by atoms with Gasteiger partial charge in [0.15, 0.2) is 12.4 Å². The van der Waals surface area contributed by atoms with Gasteiger partial charge in [0.2, 0.25) is 0 Å². The Hall–Kier alpha value is -2.79. The molecule has 0 bridgehead atoms. The molecule has 0 spiro atoms. The molecule has 0 unspecified atom stereocenters. The molecule has 0 aliphatic carbocycles. The van der Waals surface area contributed by atoms with Crippen LogP contribution in [0.25, 0.3) is 10.9 Å². The number of nitrogens with zero attached hydrogens (tertiary/aromatic N) is 2. The van der Waals surface area contributed by atoms with E-state index in [4.69, 9.17) is 16.3 Å². The summed E-state index contributed by atoms with van der Waals surface area (Å²) in [6.07, 6.45) is 0. The van der Waals surface area contributed by atoms with Crippen molar-refractivity contribution in [1.29, 1.82) is 0 Å². The van der Waals surface area contributed by atoms with Gasteiger partial charge in [-0.1, -0.05) is 29.8 Å². The zero-order chi connectivity index (χ0) is 18.4. The zero-order valence-corrected chi connectivity index (χ0v) is 15.2. The van der Waals surface area contributed by atoms with Gasteiger partial charge in [-0.3, -0.25) is 14.5 Å². The Balaban J connectivity index is 1.75. The second kappa shape index (κ2) is 6.18. The van der Waals surface area contributed by atoms with Gasteiger partial charge in [0, 0.05) is 34.2 Å². The van der Waals surface area contributed by atoms with E-state index in [-0.39, 0.29) is 24.8 Å². The van der Waals surface area contributed by atoms with Gasteiger partial charge >= 0.3 is 0 Å². The second-order valence-electron chi connectivity index (χ2n) is 6.34. The Bertz CT molecular complexity index is 1050. The van der Waals surface area contributed by atoms with Gasteiger partial charge in [-0.25, -0.2) is 0 Å². The first kappa shape index (κ1) is 16.7. The highest BCUT2D eigenvalue weighted by molar-refractivity contribution is 6.31. The minimum absolute atomic E-state index is 0.0512. The first-order valence-electron chi connectivity index (χ1n) is 8.27. The number of halogens is 1. The summed E-state index contributed by atoms with van der Waals surface area (Å²) in [6, 6.07) is 12.8. The first-order chi connectivity index (χ1) is 12.5. The molecule has 1 amide bonds. The van der Waals surface area contributed by atoms with Crippen molar-refractivity contribution in [1.82, 2.24) is 4.57 Å². The summed E-state index contributed by atoms with van der Waals surface area (Å²) in [6.45, 7) is 1.78. The quantitative estimate of drug-likeness (QED) is 0.661. The van der Waals surface area contributed by atoms with Crippen molar-refractivity contribution in [3.8, 4) is 5.75 Å². The third kappa shape index (κ3) is 2.56. The van der Waals surface area contributed by atoms with E-state index in [9.17, 15) is 9.59 Å². The van der Waals surface area contributed by atoms with Crippen molar-refractivity contribution in [2.75, 3.05) is 18.1 Å². The van der Waals surface area contributed by atoms with Crippen LogP contribution in [0.3, 0.4) is 0 Å². The Morgan fingerprint density at radius 3 is 2.81 bits per heavy atom. The fourth-order valence-corrected chi connectivity index (χ4v) is 3.61. The monoisotopic (exact) mass is 368 g/mol. The Labute approximate surface area is 155 Å². The van der Waals surface area contributed by atoms with Gasteiger partial charge in [0.25, 0.3) is 5.91 Å². The number of aryl methyl sites for hydroxylation is 1. The number of benzene rings is 2. The minimum atomic E-state index is -0.258. The Morgan fingerprint density at radius 1 is 1.23 bits per heavy atom. The minimum Gasteiger partial charge on any atom is -0.482 e. The highest BCUT2D eigenvalue weighted by atomic mass is 35.5. The van der Waals surface area contributed by atoms with Gasteiger partial charge in [-0.2, -0.15) is 0 Å². The summed E-state index contributed by atoms with van der Waals surface area (Å²) in [5.74, 6) is 0.183. The highest BCUT2D eigenvalue weighted by Gasteiger charge is 2.29. The predicted octanol–water partition coefficient (Wildman–Crippen LogP) is 3.75. The summed E-state index contributed by atoms with van der Waals surface area (Å²) in [5, 5.41) is 1.38. The number of Topliss-reactive ketones (excluding diaryl/α,β-unsaturated/α-hetero) is 1. The maximum absolute atomic E-state index is 13.1. The molecule has 0 atom stereocenters. The standard InChI is InChI=1S/C20H17ClN2O3/c1-12-20(14-5-3-4-6-15(14)22(12)2)17(24)10-23-16-9-13(21)7-8-18(16)26-11-19(23)25/h3-9H,10-11H2,1-2H3. The van der Waals surface area contributed by atoms with E-state index in [1.807, 2.05) is 42.8 Å². The molecule has 3 aromatic rings. The SMILES string of the molecule is Cc1c(C(=O)CN2C(=O)COc3ccc(Cl)cc32)c2ccccc2n1C. The molecular weight excluding hydrogens is 352 g/mol. The van der Waals surface area contributed by atoms with Crippen LogP contribution >= 0.6 is 11.6 Å². The average molecular weight is 369 g/mol. The molecule has 0 radical (unpaired) electrons. The van der Waals surface area contributed by atoms with E-state index in [2.05, 4.69) is 0 Å². The van der Waals surface area contributed by atoms with Gasteiger partial charge < -0.3 is 9.30 Å². The normalized spacial score (nSPS) is 13.7. The summed E-state index contributed by atoms with van der Waals surface area (Å²) in [5.41, 5.74) is 3.04. The average Bonchev–Trinajstić information content (AvgIpc) is 2.89. The van der Waals surface area contributed by atoms with Crippen LogP contribution in [0.5, 0.6) is 5.75 Å². The van der Waals surface area contributed by atoms with Crippen LogP contribution in [0, 0.1) is 6.92 Å². The van der Waals surface area contributed by atoms with E-state index in [1.54, 1.807) is 18.2 Å². The number of hydrogen-bond acceptors (Lipinski definition) is 3. The fraction of sp³-hybridized carbons (Fsp3) is 0.200. The van der Waals surface area contributed by atoms with E-state index >= 15 is 0 Å². The lowest BCUT2D eigenvalue weighted by atomic mass is 10.1. The number of carbonyl (C=O) groups is 2. The van der Waals surface area contributed by atoms with E-state index in [0.29, 0.717) is 22.0 Å². The lowest BCUT2D eigenvalue weighted by molar-refractivity contribution is -0.121. The highest BCUT2D eigenvalue weighted by Crippen LogP contribution is 2.35. The van der Waals surface area contributed by atoms with Gasteiger partial charge in [-0.05, 0) is 31.2 Å². The molecular formula is C20H17ClN2O3. The van der Waals surface area contributed by atoms with E-state index in [1.165, 1.54) is 4.90 Å². The first-order valence-corrected chi connectivity index (χ1v) is 8.65. The van der Waals surface area contributed by atoms with Crippen molar-refractivity contribution in [2.24, 2.45) is 7.05 Å². The van der Waals surface area contributed by atoms with Crippen molar-refractivity contribution >= 4 is 39.9 Å². The lowest BCUT2D eigenvalue weighted by Crippen LogP contribution is -2.42. The number of fused-ring (bicyclic) bond motifs is 2. The molecule has 132 valence electrons. The predicted molar refractivity (Wildman–Crippen MR) is 101 cm³/mol. The number of rotatable bonds is 3. The molecule has 0 fully saturated rings. The number of anilines is 1. The number of ether oxygens (including phenoxy) is 1. The van der Waals surface area contributed by atoms with Gasteiger partial charge in [0.1, 0.15) is 5.75 Å². The number of para-hydroxylation sites is 1. The molecule has 5 nitrogen and oxygen atoms in total. The number of ketones is 1. The Kier molecular flexibility index (Phi) is 3.96. The van der Waals surface area contributed by atoms with Crippen LogP contribution < -0.4 is 9.64 Å². The molecule has 1 aliphatic heterocycles. The molecule has 4 rings (SSSR count).